The van der Waals surface area contributed by atoms with Gasteiger partial charge in [-0.15, -0.1) is 0 Å². The molecule has 1 unspecified atom stereocenters. The van der Waals surface area contributed by atoms with Gasteiger partial charge in [0.1, 0.15) is 0 Å². The summed E-state index contributed by atoms with van der Waals surface area (Å²) in [6.07, 6.45) is 8.67. The van der Waals surface area contributed by atoms with Crippen LogP contribution in [0.1, 0.15) is 31.2 Å². The van der Waals surface area contributed by atoms with Crippen LogP contribution in [-0.2, 0) is 4.79 Å². The van der Waals surface area contributed by atoms with Gasteiger partial charge in [-0.3, -0.25) is 4.79 Å². The first-order chi connectivity index (χ1) is 10.7. The molecule has 0 aromatic heterocycles. The van der Waals surface area contributed by atoms with Crippen molar-refractivity contribution in [1.29, 1.82) is 0 Å². The molecule has 3 rings (SSSR count). The molecule has 0 saturated carbocycles. The van der Waals surface area contributed by atoms with Crippen LogP contribution >= 0.6 is 11.6 Å². The Hall–Kier alpha value is -1.32. The highest BCUT2D eigenvalue weighted by atomic mass is 35.5. The molecule has 1 aromatic carbocycles. The Balaban J connectivity index is 1.49. The molecule has 2 saturated heterocycles. The highest BCUT2D eigenvalue weighted by Gasteiger charge is 2.29. The third-order valence-corrected chi connectivity index (χ3v) is 4.89. The van der Waals surface area contributed by atoms with Gasteiger partial charge in [0, 0.05) is 18.1 Å². The van der Waals surface area contributed by atoms with Gasteiger partial charge in [0.25, 0.3) is 0 Å². The van der Waals surface area contributed by atoms with Crippen molar-refractivity contribution < 1.29 is 4.79 Å². The summed E-state index contributed by atoms with van der Waals surface area (Å²) in [5.74, 6) is 0.869. The molecule has 1 N–H and O–H groups in total. The molecule has 118 valence electrons. The molecule has 2 fully saturated rings. The fourth-order valence-electron chi connectivity index (χ4n) is 3.25. The van der Waals surface area contributed by atoms with Gasteiger partial charge in [0.15, 0.2) is 0 Å². The lowest BCUT2D eigenvalue weighted by molar-refractivity contribution is -0.134. The van der Waals surface area contributed by atoms with Crippen molar-refractivity contribution in [1.82, 2.24) is 10.2 Å². The van der Waals surface area contributed by atoms with Crippen LogP contribution in [0.25, 0.3) is 6.08 Å². The quantitative estimate of drug-likeness (QED) is 0.927. The Morgan fingerprint density at radius 3 is 2.55 bits per heavy atom. The fraction of sp³-hybridized carbons (Fsp3) is 0.500. The van der Waals surface area contributed by atoms with Crippen LogP contribution in [0.3, 0.4) is 0 Å². The third-order valence-electron chi connectivity index (χ3n) is 4.64. The maximum absolute atomic E-state index is 12.4. The number of allylic oxidation sites excluding steroid dienone is 1. The monoisotopic (exact) mass is 318 g/mol. The summed E-state index contributed by atoms with van der Waals surface area (Å²) in [6.45, 7) is 2.75. The smallest absolute Gasteiger partial charge is 0.239 e. The first-order valence-electron chi connectivity index (χ1n) is 8.18. The molecule has 2 aliphatic rings. The normalized spacial score (nSPS) is 23.3. The van der Waals surface area contributed by atoms with E-state index in [-0.39, 0.29) is 6.04 Å². The zero-order valence-corrected chi connectivity index (χ0v) is 13.6. The standard InChI is InChI=1S/C18H23ClN2O/c19-16-7-5-14(6-8-16)3-4-15-9-12-21(13-10-15)18(22)17-2-1-11-20-17/h3-8,15,17,20H,1-2,9-13H2/b4-3+. The molecule has 4 heteroatoms. The molecular weight excluding hydrogens is 296 g/mol. The predicted octanol–water partition coefficient (Wildman–Crippen LogP) is 3.34. The van der Waals surface area contributed by atoms with Gasteiger partial charge in [0.05, 0.1) is 6.04 Å². The lowest BCUT2D eigenvalue weighted by atomic mass is 9.95. The number of carbonyl (C=O) groups excluding carboxylic acids is 1. The number of carbonyl (C=O) groups is 1. The van der Waals surface area contributed by atoms with Crippen LogP contribution < -0.4 is 5.32 Å². The van der Waals surface area contributed by atoms with E-state index in [0.29, 0.717) is 11.8 Å². The molecule has 0 radical (unpaired) electrons. The highest BCUT2D eigenvalue weighted by Crippen LogP contribution is 2.21. The van der Waals surface area contributed by atoms with E-state index in [9.17, 15) is 4.79 Å². The molecular formula is C18H23ClN2O. The van der Waals surface area contributed by atoms with Gasteiger partial charge in [-0.25, -0.2) is 0 Å². The Morgan fingerprint density at radius 1 is 1.18 bits per heavy atom. The summed E-state index contributed by atoms with van der Waals surface area (Å²) in [6, 6.07) is 7.96. The second-order valence-corrected chi connectivity index (χ2v) is 6.66. The first kappa shape index (κ1) is 15.6. The van der Waals surface area contributed by atoms with Crippen molar-refractivity contribution in [2.45, 2.75) is 31.7 Å². The molecule has 1 atom stereocenters. The number of likely N-dealkylation sites (tertiary alicyclic amines) is 1. The summed E-state index contributed by atoms with van der Waals surface area (Å²) in [4.78, 5) is 14.4. The van der Waals surface area contributed by atoms with Crippen molar-refractivity contribution in [3.63, 3.8) is 0 Å². The summed E-state index contributed by atoms with van der Waals surface area (Å²) in [5.41, 5.74) is 1.18. The van der Waals surface area contributed by atoms with E-state index >= 15 is 0 Å². The van der Waals surface area contributed by atoms with Gasteiger partial charge < -0.3 is 10.2 Å². The molecule has 1 aromatic rings. The molecule has 3 nitrogen and oxygen atoms in total. The number of hydrogen-bond donors (Lipinski definition) is 1. The Bertz CT molecular complexity index is 527. The number of hydrogen-bond acceptors (Lipinski definition) is 2. The number of halogens is 1. The molecule has 1 amide bonds. The van der Waals surface area contributed by atoms with Crippen LogP contribution in [-0.4, -0.2) is 36.5 Å². The molecule has 2 aliphatic heterocycles. The van der Waals surface area contributed by atoms with Crippen LogP contribution in [0.4, 0.5) is 0 Å². The second kappa shape index (κ2) is 7.30. The summed E-state index contributed by atoms with van der Waals surface area (Å²) < 4.78 is 0. The number of piperidine rings is 1. The number of rotatable bonds is 3. The molecule has 22 heavy (non-hydrogen) atoms. The van der Waals surface area contributed by atoms with E-state index in [2.05, 4.69) is 17.5 Å². The number of nitrogens with zero attached hydrogens (tertiary/aromatic N) is 1. The van der Waals surface area contributed by atoms with Gasteiger partial charge >= 0.3 is 0 Å². The van der Waals surface area contributed by atoms with Gasteiger partial charge in [-0.05, 0) is 55.8 Å². The molecule has 2 heterocycles. The largest absolute Gasteiger partial charge is 0.341 e. The topological polar surface area (TPSA) is 32.3 Å². The zero-order valence-electron chi connectivity index (χ0n) is 12.8. The number of amides is 1. The molecule has 0 aliphatic carbocycles. The minimum absolute atomic E-state index is 0.0705. The summed E-state index contributed by atoms with van der Waals surface area (Å²) in [7, 11) is 0. The number of benzene rings is 1. The zero-order chi connectivity index (χ0) is 15.4. The van der Waals surface area contributed by atoms with E-state index in [1.807, 2.05) is 29.2 Å². The lowest BCUT2D eigenvalue weighted by Gasteiger charge is -2.32. The molecule has 0 bridgehead atoms. The van der Waals surface area contributed by atoms with Crippen LogP contribution in [0.15, 0.2) is 30.3 Å². The average Bonchev–Trinajstić information content (AvgIpc) is 3.09. The van der Waals surface area contributed by atoms with Crippen molar-refractivity contribution in [3.8, 4) is 0 Å². The highest BCUT2D eigenvalue weighted by molar-refractivity contribution is 6.30. The maximum Gasteiger partial charge on any atom is 0.239 e. The van der Waals surface area contributed by atoms with Crippen molar-refractivity contribution in [2.75, 3.05) is 19.6 Å². The summed E-state index contributed by atoms with van der Waals surface area (Å²) >= 11 is 5.89. The second-order valence-electron chi connectivity index (χ2n) is 6.22. The van der Waals surface area contributed by atoms with Crippen LogP contribution in [0.5, 0.6) is 0 Å². The van der Waals surface area contributed by atoms with Crippen LogP contribution in [0.2, 0.25) is 5.02 Å². The minimum atomic E-state index is 0.0705. The van der Waals surface area contributed by atoms with E-state index in [1.165, 1.54) is 5.56 Å². The Labute approximate surface area is 137 Å². The SMILES string of the molecule is O=C(C1CCCN1)N1CCC(/C=C/c2ccc(Cl)cc2)CC1. The molecule has 0 spiro atoms. The van der Waals surface area contributed by atoms with E-state index in [1.54, 1.807) is 0 Å². The van der Waals surface area contributed by atoms with E-state index in [4.69, 9.17) is 11.6 Å². The lowest BCUT2D eigenvalue weighted by Crippen LogP contribution is -2.46. The van der Waals surface area contributed by atoms with Gasteiger partial charge in [-0.2, -0.15) is 0 Å². The maximum atomic E-state index is 12.4. The van der Waals surface area contributed by atoms with Crippen LogP contribution in [0, 0.1) is 5.92 Å². The number of nitrogens with one attached hydrogen (secondary N) is 1. The summed E-state index contributed by atoms with van der Waals surface area (Å²) in [5, 5.41) is 4.07. The predicted molar refractivity (Wildman–Crippen MR) is 90.8 cm³/mol. The average molecular weight is 319 g/mol. The van der Waals surface area contributed by atoms with E-state index in [0.717, 1.165) is 50.3 Å². The van der Waals surface area contributed by atoms with Crippen molar-refractivity contribution in [3.05, 3.63) is 40.9 Å². The van der Waals surface area contributed by atoms with Gasteiger partial charge in [0.2, 0.25) is 5.91 Å². The van der Waals surface area contributed by atoms with Crippen molar-refractivity contribution in [2.24, 2.45) is 5.92 Å². The first-order valence-corrected chi connectivity index (χ1v) is 8.56. The third kappa shape index (κ3) is 3.90. The van der Waals surface area contributed by atoms with E-state index < -0.39 is 0 Å². The van der Waals surface area contributed by atoms with Gasteiger partial charge in [-0.1, -0.05) is 35.9 Å². The van der Waals surface area contributed by atoms with Crippen molar-refractivity contribution >= 4 is 23.6 Å². The fourth-order valence-corrected chi connectivity index (χ4v) is 3.38. The Morgan fingerprint density at radius 2 is 1.91 bits per heavy atom. The minimum Gasteiger partial charge on any atom is -0.341 e. The Kier molecular flexibility index (Phi) is 5.16.